The van der Waals surface area contributed by atoms with Crippen LogP contribution in [0.2, 0.25) is 0 Å². The summed E-state index contributed by atoms with van der Waals surface area (Å²) in [6.07, 6.45) is 0. The molecule has 0 spiro atoms. The van der Waals surface area contributed by atoms with E-state index < -0.39 is 0 Å². The van der Waals surface area contributed by atoms with Gasteiger partial charge in [-0.1, -0.05) is 98.8 Å². The quantitative estimate of drug-likeness (QED) is 0.226. The van der Waals surface area contributed by atoms with Crippen LogP contribution >= 0.6 is 0 Å². The van der Waals surface area contributed by atoms with Crippen LogP contribution in [0.4, 0.5) is 17.1 Å². The molecule has 196 valence electrons. The van der Waals surface area contributed by atoms with Gasteiger partial charge in [0, 0.05) is 33.2 Å². The zero-order valence-corrected chi connectivity index (χ0v) is 23.1. The van der Waals surface area contributed by atoms with E-state index in [4.69, 9.17) is 4.42 Å². The van der Waals surface area contributed by atoms with Gasteiger partial charge in [-0.15, -0.1) is 0 Å². The van der Waals surface area contributed by atoms with E-state index in [0.717, 1.165) is 39.0 Å². The molecular weight excluding hydrogens is 498 g/mol. The Morgan fingerprint density at radius 2 is 1.10 bits per heavy atom. The summed E-state index contributed by atoms with van der Waals surface area (Å²) < 4.78 is 6.05. The van der Waals surface area contributed by atoms with Gasteiger partial charge in [0.1, 0.15) is 11.2 Å². The largest absolute Gasteiger partial charge is 0.456 e. The van der Waals surface area contributed by atoms with E-state index in [1.165, 1.54) is 33.4 Å². The Morgan fingerprint density at radius 1 is 0.463 bits per heavy atom. The number of rotatable bonds is 4. The fraction of sp³-hybridized carbons (Fsp3) is 0.0769. The molecule has 0 aliphatic heterocycles. The van der Waals surface area contributed by atoms with Gasteiger partial charge >= 0.3 is 0 Å². The molecule has 8 rings (SSSR count). The zero-order chi connectivity index (χ0) is 27.6. The van der Waals surface area contributed by atoms with Gasteiger partial charge in [0.15, 0.2) is 0 Å². The first-order chi connectivity index (χ1) is 20.1. The number of fused-ring (bicyclic) bond motifs is 6. The Bertz CT molecular complexity index is 2070. The minimum atomic E-state index is -0.00883. The molecule has 0 amide bonds. The van der Waals surface area contributed by atoms with Gasteiger partial charge in [0.25, 0.3) is 0 Å². The van der Waals surface area contributed by atoms with Crippen molar-refractivity contribution >= 4 is 39.0 Å². The smallest absolute Gasteiger partial charge is 0.135 e. The average molecular weight is 528 g/mol. The lowest BCUT2D eigenvalue weighted by atomic mass is 9.82. The topological polar surface area (TPSA) is 16.4 Å². The molecule has 0 saturated heterocycles. The van der Waals surface area contributed by atoms with Gasteiger partial charge in [-0.2, -0.15) is 0 Å². The number of para-hydroxylation sites is 2. The van der Waals surface area contributed by atoms with Crippen LogP contribution in [0.15, 0.2) is 144 Å². The summed E-state index contributed by atoms with van der Waals surface area (Å²) in [6, 6.07) is 50.0. The SMILES string of the molecule is CC1(C)c2ccccc2-c2cc(N(c3ccccc3)c3ccc(-c4ccc5oc6ccccc6c5c4)cc3)ccc21. The van der Waals surface area contributed by atoms with Crippen LogP contribution in [0, 0.1) is 0 Å². The molecule has 0 atom stereocenters. The monoisotopic (exact) mass is 527 g/mol. The molecule has 1 heterocycles. The molecule has 7 aromatic rings. The van der Waals surface area contributed by atoms with Crippen molar-refractivity contribution in [3.05, 3.63) is 151 Å². The molecule has 2 heteroatoms. The first-order valence-electron chi connectivity index (χ1n) is 14.2. The van der Waals surface area contributed by atoms with Crippen molar-refractivity contribution in [3.63, 3.8) is 0 Å². The Morgan fingerprint density at radius 3 is 1.95 bits per heavy atom. The number of benzene rings is 6. The van der Waals surface area contributed by atoms with E-state index in [1.54, 1.807) is 0 Å². The van der Waals surface area contributed by atoms with Crippen LogP contribution < -0.4 is 4.90 Å². The maximum atomic E-state index is 6.05. The lowest BCUT2D eigenvalue weighted by Crippen LogP contribution is -2.15. The fourth-order valence-corrected chi connectivity index (χ4v) is 6.58. The number of furan rings is 1. The Labute approximate surface area is 240 Å². The Kier molecular flexibility index (Phi) is 5.20. The lowest BCUT2D eigenvalue weighted by Gasteiger charge is -2.27. The molecule has 1 aliphatic carbocycles. The number of hydrogen-bond donors (Lipinski definition) is 0. The molecule has 0 N–H and O–H groups in total. The molecule has 0 unspecified atom stereocenters. The zero-order valence-electron chi connectivity index (χ0n) is 23.1. The van der Waals surface area contributed by atoms with Crippen molar-refractivity contribution in [2.45, 2.75) is 19.3 Å². The first kappa shape index (κ1) is 23.8. The highest BCUT2D eigenvalue weighted by molar-refractivity contribution is 6.06. The predicted octanol–water partition coefficient (Wildman–Crippen LogP) is 11.0. The molecule has 1 aromatic heterocycles. The third-order valence-electron chi connectivity index (χ3n) is 8.68. The van der Waals surface area contributed by atoms with Crippen molar-refractivity contribution < 1.29 is 4.42 Å². The minimum Gasteiger partial charge on any atom is -0.456 e. The molecule has 0 saturated carbocycles. The molecule has 0 bridgehead atoms. The van der Waals surface area contributed by atoms with E-state index in [1.807, 2.05) is 12.1 Å². The van der Waals surface area contributed by atoms with Crippen molar-refractivity contribution in [3.8, 4) is 22.3 Å². The highest BCUT2D eigenvalue weighted by Gasteiger charge is 2.35. The van der Waals surface area contributed by atoms with Crippen LogP contribution in [0.5, 0.6) is 0 Å². The van der Waals surface area contributed by atoms with E-state index in [9.17, 15) is 0 Å². The van der Waals surface area contributed by atoms with Crippen molar-refractivity contribution in [1.29, 1.82) is 0 Å². The van der Waals surface area contributed by atoms with Gasteiger partial charge in [-0.25, -0.2) is 0 Å². The van der Waals surface area contributed by atoms with Gasteiger partial charge in [-0.05, 0) is 88.0 Å². The summed E-state index contributed by atoms with van der Waals surface area (Å²) in [6.45, 7) is 4.66. The second kappa shape index (κ2) is 8.97. The highest BCUT2D eigenvalue weighted by atomic mass is 16.3. The molecule has 2 nitrogen and oxygen atoms in total. The van der Waals surface area contributed by atoms with E-state index in [2.05, 4.69) is 146 Å². The second-order valence-electron chi connectivity index (χ2n) is 11.4. The summed E-state index contributed by atoms with van der Waals surface area (Å²) >= 11 is 0. The van der Waals surface area contributed by atoms with Gasteiger partial charge in [0.05, 0.1) is 0 Å². The van der Waals surface area contributed by atoms with Crippen LogP contribution in [0.3, 0.4) is 0 Å². The third kappa shape index (κ3) is 3.72. The Hall–Kier alpha value is -5.08. The third-order valence-corrected chi connectivity index (χ3v) is 8.68. The molecule has 41 heavy (non-hydrogen) atoms. The lowest BCUT2D eigenvalue weighted by molar-refractivity contribution is 0.660. The van der Waals surface area contributed by atoms with Crippen molar-refractivity contribution in [2.75, 3.05) is 4.90 Å². The van der Waals surface area contributed by atoms with Gasteiger partial charge in [-0.3, -0.25) is 0 Å². The van der Waals surface area contributed by atoms with Crippen molar-refractivity contribution in [2.24, 2.45) is 0 Å². The normalized spacial score (nSPS) is 13.3. The van der Waals surface area contributed by atoms with Crippen LogP contribution in [-0.2, 0) is 5.41 Å². The highest BCUT2D eigenvalue weighted by Crippen LogP contribution is 2.50. The van der Waals surface area contributed by atoms with Gasteiger partial charge in [0.2, 0.25) is 0 Å². The number of anilines is 3. The number of nitrogens with zero attached hydrogens (tertiary/aromatic N) is 1. The van der Waals surface area contributed by atoms with Crippen molar-refractivity contribution in [1.82, 2.24) is 0 Å². The van der Waals surface area contributed by atoms with Crippen LogP contribution in [0.1, 0.15) is 25.0 Å². The number of hydrogen-bond acceptors (Lipinski definition) is 2. The molecule has 0 radical (unpaired) electrons. The van der Waals surface area contributed by atoms with Crippen LogP contribution in [-0.4, -0.2) is 0 Å². The summed E-state index contributed by atoms with van der Waals surface area (Å²) in [5, 5.41) is 2.30. The predicted molar refractivity (Wildman–Crippen MR) is 171 cm³/mol. The van der Waals surface area contributed by atoms with E-state index in [-0.39, 0.29) is 5.41 Å². The molecular formula is C39H29NO. The summed E-state index contributed by atoms with van der Waals surface area (Å²) in [4.78, 5) is 2.35. The van der Waals surface area contributed by atoms with Gasteiger partial charge < -0.3 is 9.32 Å². The summed E-state index contributed by atoms with van der Waals surface area (Å²) in [7, 11) is 0. The summed E-state index contributed by atoms with van der Waals surface area (Å²) in [5.41, 5.74) is 13.0. The maximum absolute atomic E-state index is 6.05. The molecule has 6 aromatic carbocycles. The van der Waals surface area contributed by atoms with E-state index >= 15 is 0 Å². The average Bonchev–Trinajstić information content (AvgIpc) is 3.50. The second-order valence-corrected chi connectivity index (χ2v) is 11.4. The van der Waals surface area contributed by atoms with Crippen LogP contribution in [0.25, 0.3) is 44.2 Å². The molecule has 1 aliphatic rings. The standard InChI is InChI=1S/C39H29NO/c1-39(2)35-14-8-6-12-31(35)33-25-30(21-22-36(33)39)40(28-10-4-3-5-11-28)29-19-16-26(17-20-29)27-18-23-38-34(24-27)32-13-7-9-15-37(32)41-38/h3-25H,1-2H3. The minimum absolute atomic E-state index is 0.00883. The fourth-order valence-electron chi connectivity index (χ4n) is 6.58. The first-order valence-corrected chi connectivity index (χ1v) is 14.2. The molecule has 0 fully saturated rings. The van der Waals surface area contributed by atoms with E-state index in [0.29, 0.717) is 0 Å². The Balaban J connectivity index is 1.22. The summed E-state index contributed by atoms with van der Waals surface area (Å²) in [5.74, 6) is 0. The maximum Gasteiger partial charge on any atom is 0.135 e.